The zero-order chi connectivity index (χ0) is 13.8. The Kier molecular flexibility index (Phi) is 3.70. The Bertz CT molecular complexity index is 582. The molecule has 0 aliphatic carbocycles. The molecule has 0 spiro atoms. The lowest BCUT2D eigenvalue weighted by Gasteiger charge is -2.17. The molecule has 0 amide bonds. The van der Waals surface area contributed by atoms with Gasteiger partial charge < -0.3 is 10.6 Å². The van der Waals surface area contributed by atoms with Gasteiger partial charge in [0.25, 0.3) is 0 Å². The minimum atomic E-state index is -0.260. The van der Waals surface area contributed by atoms with Crippen LogP contribution in [0.25, 0.3) is 0 Å². The minimum absolute atomic E-state index is 0.119. The van der Waals surface area contributed by atoms with Crippen LogP contribution >= 0.6 is 0 Å². The molecule has 0 saturated carbocycles. The second-order valence-corrected chi connectivity index (χ2v) is 4.16. The molecule has 6 heteroatoms. The third-order valence-electron chi connectivity index (χ3n) is 2.61. The fourth-order valence-electron chi connectivity index (χ4n) is 1.65. The molecule has 0 unspecified atom stereocenters. The van der Waals surface area contributed by atoms with Gasteiger partial charge in [-0.05, 0) is 17.7 Å². The highest BCUT2D eigenvalue weighted by atomic mass is 19.1. The summed E-state index contributed by atoms with van der Waals surface area (Å²) in [4.78, 5) is 10.0. The Labute approximate surface area is 110 Å². The van der Waals surface area contributed by atoms with Crippen LogP contribution in [0.3, 0.4) is 0 Å². The molecule has 1 aromatic carbocycles. The van der Waals surface area contributed by atoms with E-state index in [0.29, 0.717) is 18.1 Å². The zero-order valence-electron chi connectivity index (χ0n) is 10.5. The van der Waals surface area contributed by atoms with Crippen molar-refractivity contribution in [2.75, 3.05) is 11.9 Å². The molecule has 0 saturated heterocycles. The number of nitrogens with two attached hydrogens (primary N) is 1. The average Bonchev–Trinajstić information content (AvgIpc) is 2.39. The van der Waals surface area contributed by atoms with Gasteiger partial charge in [0.2, 0.25) is 0 Å². The highest BCUT2D eigenvalue weighted by Gasteiger charge is 2.06. The molecule has 0 aliphatic rings. The van der Waals surface area contributed by atoms with Crippen molar-refractivity contribution >= 4 is 11.7 Å². The molecule has 19 heavy (non-hydrogen) atoms. The predicted octanol–water partition coefficient (Wildman–Crippen LogP) is 1.54. The first-order valence-electron chi connectivity index (χ1n) is 5.68. The molecule has 0 aliphatic heterocycles. The summed E-state index contributed by atoms with van der Waals surface area (Å²) in [6.45, 7) is 0.520. The number of hydrogen-bond donors (Lipinski definition) is 2. The molecule has 0 fully saturated rings. The van der Waals surface area contributed by atoms with Crippen LogP contribution in [0.4, 0.5) is 10.2 Å². The van der Waals surface area contributed by atoms with Gasteiger partial charge in [-0.1, -0.05) is 12.1 Å². The quantitative estimate of drug-likeness (QED) is 0.644. The van der Waals surface area contributed by atoms with Crippen molar-refractivity contribution in [3.05, 3.63) is 53.7 Å². The van der Waals surface area contributed by atoms with Crippen LogP contribution in [0.2, 0.25) is 0 Å². The van der Waals surface area contributed by atoms with Gasteiger partial charge in [-0.2, -0.15) is 0 Å². The number of anilines is 1. The van der Waals surface area contributed by atoms with Crippen LogP contribution in [0, 0.1) is 11.2 Å². The van der Waals surface area contributed by atoms with E-state index in [0.717, 1.165) is 5.56 Å². The average molecular weight is 259 g/mol. The van der Waals surface area contributed by atoms with Crippen molar-refractivity contribution in [3.8, 4) is 0 Å². The molecule has 98 valence electrons. The molecular formula is C13H14FN5. The van der Waals surface area contributed by atoms with Gasteiger partial charge in [0.05, 0.1) is 12.4 Å². The van der Waals surface area contributed by atoms with E-state index in [1.54, 1.807) is 6.07 Å². The zero-order valence-corrected chi connectivity index (χ0v) is 10.5. The fraction of sp³-hybridized carbons (Fsp3) is 0.154. The molecule has 2 aromatic rings. The molecular weight excluding hydrogens is 245 g/mol. The van der Waals surface area contributed by atoms with Crippen LogP contribution in [-0.4, -0.2) is 22.9 Å². The number of rotatable bonds is 4. The van der Waals surface area contributed by atoms with Gasteiger partial charge in [0, 0.05) is 13.6 Å². The number of amidine groups is 1. The topological polar surface area (TPSA) is 78.9 Å². The van der Waals surface area contributed by atoms with Crippen LogP contribution in [0.15, 0.2) is 36.7 Å². The standard InChI is InChI=1S/C13H14FN5/c1-19(8-9-3-2-4-10(14)5-9)12-7-17-11(6-18-12)13(15)16/h2-7H,8H2,1H3,(H3,15,16). The van der Waals surface area contributed by atoms with Crippen molar-refractivity contribution in [1.29, 1.82) is 5.41 Å². The van der Waals surface area contributed by atoms with Crippen LogP contribution < -0.4 is 10.6 Å². The molecule has 3 N–H and O–H groups in total. The first-order chi connectivity index (χ1) is 9.06. The van der Waals surface area contributed by atoms with E-state index in [1.807, 2.05) is 18.0 Å². The number of benzene rings is 1. The first kappa shape index (κ1) is 12.9. The number of aromatic nitrogens is 2. The molecule has 1 aromatic heterocycles. The Balaban J connectivity index is 2.11. The number of nitrogens with zero attached hydrogens (tertiary/aromatic N) is 3. The Morgan fingerprint density at radius 3 is 2.74 bits per heavy atom. The van der Waals surface area contributed by atoms with E-state index >= 15 is 0 Å². The van der Waals surface area contributed by atoms with Crippen molar-refractivity contribution in [2.45, 2.75) is 6.54 Å². The molecule has 1 heterocycles. The molecule has 0 bridgehead atoms. The Hall–Kier alpha value is -2.50. The highest BCUT2D eigenvalue weighted by Crippen LogP contribution is 2.12. The van der Waals surface area contributed by atoms with E-state index in [4.69, 9.17) is 11.1 Å². The third kappa shape index (κ3) is 3.25. The van der Waals surface area contributed by atoms with Gasteiger partial charge in [-0.3, -0.25) is 5.41 Å². The number of nitrogen functional groups attached to an aromatic ring is 1. The summed E-state index contributed by atoms with van der Waals surface area (Å²) >= 11 is 0. The summed E-state index contributed by atoms with van der Waals surface area (Å²) in [5, 5.41) is 7.24. The lowest BCUT2D eigenvalue weighted by molar-refractivity contribution is 0.625. The Morgan fingerprint density at radius 2 is 2.16 bits per heavy atom. The summed E-state index contributed by atoms with van der Waals surface area (Å²) < 4.78 is 13.1. The van der Waals surface area contributed by atoms with Gasteiger partial charge >= 0.3 is 0 Å². The lowest BCUT2D eigenvalue weighted by Crippen LogP contribution is -2.19. The predicted molar refractivity (Wildman–Crippen MR) is 71.6 cm³/mol. The minimum Gasteiger partial charge on any atom is -0.382 e. The number of hydrogen-bond acceptors (Lipinski definition) is 4. The van der Waals surface area contributed by atoms with Crippen molar-refractivity contribution < 1.29 is 4.39 Å². The summed E-state index contributed by atoms with van der Waals surface area (Å²) in [5.41, 5.74) is 6.49. The van der Waals surface area contributed by atoms with Crippen molar-refractivity contribution in [2.24, 2.45) is 5.73 Å². The first-order valence-corrected chi connectivity index (χ1v) is 5.68. The lowest BCUT2D eigenvalue weighted by atomic mass is 10.2. The van der Waals surface area contributed by atoms with E-state index < -0.39 is 0 Å². The Morgan fingerprint density at radius 1 is 1.37 bits per heavy atom. The van der Waals surface area contributed by atoms with Crippen LogP contribution in [-0.2, 0) is 6.54 Å². The number of halogens is 1. The van der Waals surface area contributed by atoms with Crippen LogP contribution in [0.1, 0.15) is 11.3 Å². The molecule has 0 atom stereocenters. The molecule has 0 radical (unpaired) electrons. The van der Waals surface area contributed by atoms with E-state index in [9.17, 15) is 4.39 Å². The van der Waals surface area contributed by atoms with Crippen molar-refractivity contribution in [1.82, 2.24) is 9.97 Å². The number of nitrogens with one attached hydrogen (secondary N) is 1. The monoisotopic (exact) mass is 259 g/mol. The maximum Gasteiger partial charge on any atom is 0.147 e. The highest BCUT2D eigenvalue weighted by molar-refractivity contribution is 5.92. The van der Waals surface area contributed by atoms with Gasteiger partial charge in [-0.25, -0.2) is 14.4 Å². The molecule has 5 nitrogen and oxygen atoms in total. The van der Waals surface area contributed by atoms with Crippen LogP contribution in [0.5, 0.6) is 0 Å². The summed E-state index contributed by atoms with van der Waals surface area (Å²) in [5.74, 6) is 0.255. The van der Waals surface area contributed by atoms with E-state index in [2.05, 4.69) is 9.97 Å². The molecule has 2 rings (SSSR count). The summed E-state index contributed by atoms with van der Waals surface area (Å²) in [6, 6.07) is 6.40. The van der Waals surface area contributed by atoms with Gasteiger partial charge in [0.1, 0.15) is 23.2 Å². The summed E-state index contributed by atoms with van der Waals surface area (Å²) in [7, 11) is 1.84. The summed E-state index contributed by atoms with van der Waals surface area (Å²) in [6.07, 6.45) is 2.98. The maximum atomic E-state index is 13.1. The van der Waals surface area contributed by atoms with E-state index in [-0.39, 0.29) is 11.7 Å². The van der Waals surface area contributed by atoms with E-state index in [1.165, 1.54) is 24.5 Å². The third-order valence-corrected chi connectivity index (χ3v) is 2.61. The fourth-order valence-corrected chi connectivity index (χ4v) is 1.65. The second-order valence-electron chi connectivity index (χ2n) is 4.16. The largest absolute Gasteiger partial charge is 0.382 e. The van der Waals surface area contributed by atoms with Gasteiger partial charge in [0.15, 0.2) is 0 Å². The maximum absolute atomic E-state index is 13.1. The second kappa shape index (κ2) is 5.43. The van der Waals surface area contributed by atoms with Crippen molar-refractivity contribution in [3.63, 3.8) is 0 Å². The normalized spacial score (nSPS) is 10.2. The SMILES string of the molecule is CN(Cc1cccc(F)c1)c1cnc(C(=N)N)cn1. The van der Waals surface area contributed by atoms with Gasteiger partial charge in [-0.15, -0.1) is 0 Å². The smallest absolute Gasteiger partial charge is 0.147 e.